The van der Waals surface area contributed by atoms with Crippen molar-refractivity contribution in [2.75, 3.05) is 38.2 Å². The molecule has 5 atom stereocenters. The molecule has 3 aliphatic heterocycles. The summed E-state index contributed by atoms with van der Waals surface area (Å²) in [4.78, 5) is 25.7. The number of fused-ring (bicyclic) bond motifs is 2. The molecule has 12 nitrogen and oxygen atoms in total. The number of aliphatic hydroxyl groups is 1. The maximum Gasteiger partial charge on any atom is 0.407 e. The van der Waals surface area contributed by atoms with Gasteiger partial charge in [-0.15, -0.1) is 0 Å². The molecule has 250 valence electrons. The van der Waals surface area contributed by atoms with E-state index in [-0.39, 0.29) is 55.0 Å². The summed E-state index contributed by atoms with van der Waals surface area (Å²) in [6.07, 6.45) is 0.577. The van der Waals surface area contributed by atoms with E-state index >= 15 is 0 Å². The molecule has 0 aliphatic carbocycles. The van der Waals surface area contributed by atoms with Gasteiger partial charge < -0.3 is 35.3 Å². The second-order valence-corrected chi connectivity index (χ2v) is 14.3. The molecule has 0 saturated carbocycles. The molecule has 46 heavy (non-hydrogen) atoms. The van der Waals surface area contributed by atoms with Crippen molar-refractivity contribution in [2.24, 2.45) is 11.8 Å². The highest BCUT2D eigenvalue weighted by Gasteiger charge is 2.44. The highest BCUT2D eigenvalue weighted by Crippen LogP contribution is 2.35. The molecule has 0 radical (unpaired) electrons. The lowest BCUT2D eigenvalue weighted by atomic mass is 10.0. The second-order valence-electron chi connectivity index (χ2n) is 12.4. The number of hydrogen-bond acceptors (Lipinski definition) is 9. The minimum Gasteiger partial charge on any atom is -0.443 e. The fourth-order valence-corrected chi connectivity index (χ4v) is 7.62. The van der Waals surface area contributed by atoms with Crippen LogP contribution in [0.2, 0.25) is 0 Å². The van der Waals surface area contributed by atoms with Gasteiger partial charge in [-0.3, -0.25) is 4.79 Å². The summed E-state index contributed by atoms with van der Waals surface area (Å²) in [6.45, 7) is 7.06. The third-order valence-electron chi connectivity index (χ3n) is 8.32. The molecule has 3 aliphatic rings. The van der Waals surface area contributed by atoms with Crippen LogP contribution in [-0.4, -0.2) is 87.2 Å². The summed E-state index contributed by atoms with van der Waals surface area (Å²) in [6, 6.07) is 13.0. The van der Waals surface area contributed by atoms with E-state index in [1.54, 1.807) is 12.3 Å². The van der Waals surface area contributed by atoms with Gasteiger partial charge in [-0.2, -0.15) is 4.31 Å². The third-order valence-corrected chi connectivity index (χ3v) is 10.1. The molecule has 4 N–H and O–H groups in total. The summed E-state index contributed by atoms with van der Waals surface area (Å²) in [5.74, 6) is -0.433. The molecule has 2 fully saturated rings. The molecular weight excluding hydrogens is 612 g/mol. The second kappa shape index (κ2) is 14.9. The number of carbonyl (C=O) groups is 2. The number of aliphatic hydroxyl groups excluding tert-OH is 1. The van der Waals surface area contributed by atoms with Gasteiger partial charge in [-0.05, 0) is 48.9 Å². The summed E-state index contributed by atoms with van der Waals surface area (Å²) in [7, 11) is -4.13. The quantitative estimate of drug-likeness (QED) is 0.177. The van der Waals surface area contributed by atoms with Crippen LogP contribution in [0.4, 0.5) is 10.5 Å². The smallest absolute Gasteiger partial charge is 0.407 e. The van der Waals surface area contributed by atoms with Crippen LogP contribution < -0.4 is 16.0 Å². The van der Waals surface area contributed by atoms with Crippen molar-refractivity contribution < 1.29 is 37.3 Å². The first kappa shape index (κ1) is 33.9. The first-order chi connectivity index (χ1) is 22.1. The van der Waals surface area contributed by atoms with E-state index in [2.05, 4.69) is 16.0 Å². The zero-order valence-corrected chi connectivity index (χ0v) is 27.3. The van der Waals surface area contributed by atoms with Gasteiger partial charge in [0, 0.05) is 37.1 Å². The molecule has 2 aromatic carbocycles. The van der Waals surface area contributed by atoms with Crippen LogP contribution in [0.15, 0.2) is 59.6 Å². The van der Waals surface area contributed by atoms with Crippen molar-refractivity contribution in [1.82, 2.24) is 14.9 Å². The van der Waals surface area contributed by atoms with Crippen LogP contribution in [0.3, 0.4) is 0 Å². The van der Waals surface area contributed by atoms with E-state index < -0.39 is 34.4 Å². The number of amides is 2. The van der Waals surface area contributed by atoms with E-state index in [1.807, 2.05) is 51.1 Å². The van der Waals surface area contributed by atoms with Crippen molar-refractivity contribution in [2.45, 2.75) is 69.5 Å². The number of anilines is 1. The zero-order chi connectivity index (χ0) is 32.8. The molecule has 5 unspecified atom stereocenters. The van der Waals surface area contributed by atoms with Gasteiger partial charge in [-0.1, -0.05) is 51.1 Å². The Bertz CT molecular complexity index is 1520. The van der Waals surface area contributed by atoms with E-state index in [4.69, 9.17) is 14.2 Å². The molecule has 2 amide bonds. The number of ether oxygens (including phenoxy) is 3. The van der Waals surface area contributed by atoms with E-state index in [0.29, 0.717) is 30.0 Å². The number of nitrogens with zero attached hydrogens (tertiary/aromatic N) is 1. The first-order valence-electron chi connectivity index (χ1n) is 15.9. The van der Waals surface area contributed by atoms with Gasteiger partial charge in [0.25, 0.3) is 5.91 Å². The summed E-state index contributed by atoms with van der Waals surface area (Å²) in [5, 5.41) is 20.3. The monoisotopic (exact) mass is 656 g/mol. The van der Waals surface area contributed by atoms with E-state index in [0.717, 1.165) is 18.4 Å². The predicted octanol–water partition coefficient (Wildman–Crippen LogP) is 3.09. The lowest BCUT2D eigenvalue weighted by Gasteiger charge is -2.31. The fourth-order valence-electron chi connectivity index (χ4n) is 5.97. The average molecular weight is 657 g/mol. The molecule has 5 rings (SSSR count). The molecule has 13 heteroatoms. The Morgan fingerprint density at radius 1 is 1.17 bits per heavy atom. The van der Waals surface area contributed by atoms with Crippen LogP contribution in [-0.2, 0) is 35.4 Å². The summed E-state index contributed by atoms with van der Waals surface area (Å²) in [5.41, 5.74) is 2.21. The maximum absolute atomic E-state index is 14.1. The van der Waals surface area contributed by atoms with Gasteiger partial charge in [0.15, 0.2) is 6.29 Å². The van der Waals surface area contributed by atoms with E-state index in [1.165, 1.54) is 16.4 Å². The Balaban J connectivity index is 1.36. The molecule has 0 aromatic heterocycles. The lowest BCUT2D eigenvalue weighted by Crippen LogP contribution is -2.51. The van der Waals surface area contributed by atoms with Crippen LogP contribution >= 0.6 is 0 Å². The Labute approximate surface area is 270 Å². The minimum atomic E-state index is -4.13. The fraction of sp³-hybridized carbons (Fsp3) is 0.515. The number of rotatable bonds is 14. The maximum atomic E-state index is 14.1. The minimum absolute atomic E-state index is 0.00135. The van der Waals surface area contributed by atoms with Crippen molar-refractivity contribution in [1.29, 1.82) is 0 Å². The highest BCUT2D eigenvalue weighted by molar-refractivity contribution is 7.89. The van der Waals surface area contributed by atoms with Gasteiger partial charge in [0.2, 0.25) is 10.0 Å². The first-order valence-corrected chi connectivity index (χ1v) is 17.3. The van der Waals surface area contributed by atoms with Crippen molar-refractivity contribution in [3.63, 3.8) is 0 Å². The molecule has 2 aromatic rings. The number of nitrogens with one attached hydrogen (secondary N) is 3. The highest BCUT2D eigenvalue weighted by atomic mass is 32.2. The number of carbonyl (C=O) groups excluding carboxylic acids is 2. The summed E-state index contributed by atoms with van der Waals surface area (Å²) >= 11 is 0. The Morgan fingerprint density at radius 3 is 2.70 bits per heavy atom. The van der Waals surface area contributed by atoms with Crippen molar-refractivity contribution >= 4 is 33.3 Å². The zero-order valence-electron chi connectivity index (χ0n) is 26.5. The number of sulfonamides is 1. The van der Waals surface area contributed by atoms with E-state index in [9.17, 15) is 23.1 Å². The Kier molecular flexibility index (Phi) is 11.0. The lowest BCUT2D eigenvalue weighted by molar-refractivity contribution is -0.110. The summed E-state index contributed by atoms with van der Waals surface area (Å²) < 4.78 is 46.3. The predicted molar refractivity (Wildman–Crippen MR) is 172 cm³/mol. The Morgan fingerprint density at radius 2 is 1.96 bits per heavy atom. The van der Waals surface area contributed by atoms with Crippen LogP contribution in [0.25, 0.3) is 5.57 Å². The van der Waals surface area contributed by atoms with Gasteiger partial charge in [0.05, 0.1) is 41.7 Å². The number of hydrogen-bond donors (Lipinski definition) is 4. The normalized spacial score (nSPS) is 22.9. The topological polar surface area (TPSA) is 156 Å². The average Bonchev–Trinajstić information content (AvgIpc) is 3.72. The molecule has 0 bridgehead atoms. The largest absolute Gasteiger partial charge is 0.443 e. The standard InChI is InChI=1S/C33H44N4O8S/c1-4-13-34-17-26-25-16-23(10-11-27(25)35-31(26)39)46(41,42)37(18-21(2)3)19-29(38)28(15-22-8-6-5-7-9-22)36-33(40)45-30-20-44-32-24(30)12-14-43-32/h5-11,16-17,21,24,28-30,32,34,38H,4,12-15,18-20H2,1-3H3,(H,35,39)(H,36,40)/b26-17-. The van der Waals surface area contributed by atoms with Crippen LogP contribution in [0.5, 0.6) is 0 Å². The molecule has 0 spiro atoms. The van der Waals surface area contributed by atoms with Crippen LogP contribution in [0, 0.1) is 11.8 Å². The van der Waals surface area contributed by atoms with Crippen molar-refractivity contribution in [3.8, 4) is 0 Å². The van der Waals surface area contributed by atoms with Crippen LogP contribution in [0.1, 0.15) is 44.7 Å². The van der Waals surface area contributed by atoms with Crippen molar-refractivity contribution in [3.05, 3.63) is 65.9 Å². The third kappa shape index (κ3) is 7.89. The number of benzene rings is 2. The van der Waals surface area contributed by atoms with Gasteiger partial charge in [0.1, 0.15) is 6.10 Å². The molecular formula is C33H44N4O8S. The number of alkyl carbamates (subject to hydrolysis) is 1. The molecule has 2 saturated heterocycles. The van der Waals surface area contributed by atoms with Gasteiger partial charge >= 0.3 is 6.09 Å². The van der Waals surface area contributed by atoms with Gasteiger partial charge in [-0.25, -0.2) is 13.2 Å². The molecule has 3 heterocycles. The SMILES string of the molecule is CCCN/C=C1\C(=O)Nc2ccc(S(=O)(=O)N(CC(C)C)CC(O)C(Cc3ccccc3)NC(=O)OC3COC4OCCC34)cc21. The Hall–Kier alpha value is -3.49.